The van der Waals surface area contributed by atoms with Crippen LogP contribution in [0.3, 0.4) is 0 Å². The number of benzene rings is 1. The zero-order valence-corrected chi connectivity index (χ0v) is 7.28. The van der Waals surface area contributed by atoms with Gasteiger partial charge in [0.25, 0.3) is 0 Å². The largest absolute Gasteiger partial charge is 0.292 e. The van der Waals surface area contributed by atoms with Crippen molar-refractivity contribution in [3.8, 4) is 0 Å². The van der Waals surface area contributed by atoms with Crippen molar-refractivity contribution in [3.05, 3.63) is 30.0 Å². The van der Waals surface area contributed by atoms with Crippen LogP contribution in [0.4, 0.5) is 5.95 Å². The average molecular weight is 174 g/mol. The fraction of sp³-hybridized carbons (Fsp3) is 0.111. The molecular weight excluding hydrogens is 164 g/mol. The van der Waals surface area contributed by atoms with Gasteiger partial charge in [0.15, 0.2) is 0 Å². The Morgan fingerprint density at radius 2 is 2.00 bits per heavy atom. The van der Waals surface area contributed by atoms with Crippen LogP contribution in [-0.4, -0.2) is 9.97 Å². The van der Waals surface area contributed by atoms with Crippen molar-refractivity contribution in [2.75, 3.05) is 5.43 Å². The highest BCUT2D eigenvalue weighted by molar-refractivity contribution is 5.81. The molecule has 1 aromatic carbocycles. The van der Waals surface area contributed by atoms with E-state index in [4.69, 9.17) is 5.84 Å². The number of hydrogen-bond acceptors (Lipinski definition) is 4. The van der Waals surface area contributed by atoms with Crippen LogP contribution < -0.4 is 11.3 Å². The lowest BCUT2D eigenvalue weighted by molar-refractivity contribution is 1.11. The van der Waals surface area contributed by atoms with Crippen molar-refractivity contribution >= 4 is 16.9 Å². The average Bonchev–Trinajstić information content (AvgIpc) is 2.18. The molecule has 1 heterocycles. The molecule has 4 heteroatoms. The van der Waals surface area contributed by atoms with Crippen molar-refractivity contribution < 1.29 is 0 Å². The highest BCUT2D eigenvalue weighted by atomic mass is 15.3. The molecule has 0 saturated heterocycles. The highest BCUT2D eigenvalue weighted by Gasteiger charge is 2.01. The van der Waals surface area contributed by atoms with Crippen LogP contribution in [0.5, 0.6) is 0 Å². The van der Waals surface area contributed by atoms with E-state index < -0.39 is 0 Å². The number of aryl methyl sites for hydroxylation is 1. The van der Waals surface area contributed by atoms with E-state index in [-0.39, 0.29) is 0 Å². The molecule has 1 aromatic heterocycles. The van der Waals surface area contributed by atoms with E-state index in [1.54, 1.807) is 0 Å². The number of nitrogens with zero attached hydrogens (tertiary/aromatic N) is 2. The van der Waals surface area contributed by atoms with Crippen LogP contribution in [0.15, 0.2) is 24.3 Å². The second kappa shape index (κ2) is 2.99. The monoisotopic (exact) mass is 174 g/mol. The van der Waals surface area contributed by atoms with Gasteiger partial charge in [0, 0.05) is 5.39 Å². The van der Waals surface area contributed by atoms with E-state index in [9.17, 15) is 0 Å². The quantitative estimate of drug-likeness (QED) is 0.504. The van der Waals surface area contributed by atoms with Crippen molar-refractivity contribution in [3.63, 3.8) is 0 Å². The Balaban J connectivity index is 2.77. The summed E-state index contributed by atoms with van der Waals surface area (Å²) in [7, 11) is 0. The van der Waals surface area contributed by atoms with E-state index in [0.717, 1.165) is 16.6 Å². The summed E-state index contributed by atoms with van der Waals surface area (Å²) in [6, 6.07) is 7.83. The SMILES string of the molecule is Cc1nc(NN)nc2ccccc12. The van der Waals surface area contributed by atoms with Crippen molar-refractivity contribution in [2.45, 2.75) is 6.92 Å². The third kappa shape index (κ3) is 1.31. The van der Waals surface area contributed by atoms with E-state index in [0.29, 0.717) is 5.95 Å². The second-order valence-electron chi connectivity index (χ2n) is 2.79. The summed E-state index contributed by atoms with van der Waals surface area (Å²) in [4.78, 5) is 8.38. The molecule has 0 aliphatic carbocycles. The number of hydrazine groups is 1. The Morgan fingerprint density at radius 1 is 1.23 bits per heavy atom. The number of hydrogen-bond donors (Lipinski definition) is 2. The molecule has 0 aliphatic heterocycles. The number of nitrogens with two attached hydrogens (primary N) is 1. The van der Waals surface area contributed by atoms with Gasteiger partial charge in [-0.15, -0.1) is 0 Å². The fourth-order valence-corrected chi connectivity index (χ4v) is 1.30. The lowest BCUT2D eigenvalue weighted by Gasteiger charge is -2.03. The first-order chi connectivity index (χ1) is 6.31. The van der Waals surface area contributed by atoms with Gasteiger partial charge in [0.2, 0.25) is 5.95 Å². The number of fused-ring (bicyclic) bond motifs is 1. The van der Waals surface area contributed by atoms with Gasteiger partial charge in [-0.25, -0.2) is 15.8 Å². The van der Waals surface area contributed by atoms with Crippen LogP contribution in [0, 0.1) is 6.92 Å². The molecule has 0 fully saturated rings. The van der Waals surface area contributed by atoms with Crippen molar-refractivity contribution in [1.82, 2.24) is 9.97 Å². The third-order valence-electron chi connectivity index (χ3n) is 1.92. The molecule has 2 rings (SSSR count). The van der Waals surface area contributed by atoms with Crippen LogP contribution in [0.1, 0.15) is 5.69 Å². The molecule has 0 aliphatic rings. The molecule has 13 heavy (non-hydrogen) atoms. The maximum atomic E-state index is 5.23. The summed E-state index contributed by atoms with van der Waals surface area (Å²) in [5, 5.41) is 1.06. The van der Waals surface area contributed by atoms with Gasteiger partial charge < -0.3 is 0 Å². The van der Waals surface area contributed by atoms with E-state index in [1.807, 2.05) is 31.2 Å². The molecule has 4 nitrogen and oxygen atoms in total. The fourth-order valence-electron chi connectivity index (χ4n) is 1.30. The first-order valence-electron chi connectivity index (χ1n) is 4.01. The van der Waals surface area contributed by atoms with Gasteiger partial charge in [-0.05, 0) is 13.0 Å². The minimum atomic E-state index is 0.455. The van der Waals surface area contributed by atoms with Crippen LogP contribution in [-0.2, 0) is 0 Å². The molecule has 0 amide bonds. The first-order valence-corrected chi connectivity index (χ1v) is 4.01. The summed E-state index contributed by atoms with van der Waals surface area (Å²) >= 11 is 0. The van der Waals surface area contributed by atoms with Gasteiger partial charge in [0.05, 0.1) is 11.2 Å². The number of anilines is 1. The number of nitrogens with one attached hydrogen (secondary N) is 1. The summed E-state index contributed by atoms with van der Waals surface area (Å²) in [6.07, 6.45) is 0. The number of rotatable bonds is 1. The standard InChI is InChI=1S/C9H10N4/c1-6-7-4-2-3-5-8(7)12-9(11-6)13-10/h2-5H,10H2,1H3,(H,11,12,13). The van der Waals surface area contributed by atoms with Crippen LogP contribution >= 0.6 is 0 Å². The lowest BCUT2D eigenvalue weighted by Crippen LogP contribution is -2.11. The topological polar surface area (TPSA) is 63.8 Å². The molecule has 0 atom stereocenters. The van der Waals surface area contributed by atoms with Gasteiger partial charge in [-0.2, -0.15) is 0 Å². The van der Waals surface area contributed by atoms with Crippen molar-refractivity contribution in [2.24, 2.45) is 5.84 Å². The molecule has 0 unspecified atom stereocenters. The zero-order valence-electron chi connectivity index (χ0n) is 7.28. The molecule has 0 saturated carbocycles. The molecule has 66 valence electrons. The van der Waals surface area contributed by atoms with Crippen LogP contribution in [0.2, 0.25) is 0 Å². The predicted octanol–water partition coefficient (Wildman–Crippen LogP) is 1.22. The maximum Gasteiger partial charge on any atom is 0.237 e. The van der Waals surface area contributed by atoms with E-state index in [2.05, 4.69) is 15.4 Å². The molecule has 0 radical (unpaired) electrons. The van der Waals surface area contributed by atoms with Gasteiger partial charge >= 0.3 is 0 Å². The predicted molar refractivity (Wildman–Crippen MR) is 52.1 cm³/mol. The Hall–Kier alpha value is -1.68. The lowest BCUT2D eigenvalue weighted by atomic mass is 10.2. The summed E-state index contributed by atoms with van der Waals surface area (Å²) in [5.74, 6) is 5.69. The Bertz CT molecular complexity index is 439. The second-order valence-corrected chi connectivity index (χ2v) is 2.79. The van der Waals surface area contributed by atoms with E-state index in [1.165, 1.54) is 0 Å². The Morgan fingerprint density at radius 3 is 2.77 bits per heavy atom. The maximum absolute atomic E-state index is 5.23. The smallest absolute Gasteiger partial charge is 0.237 e. The highest BCUT2D eigenvalue weighted by Crippen LogP contribution is 2.15. The van der Waals surface area contributed by atoms with Crippen LogP contribution in [0.25, 0.3) is 10.9 Å². The molecule has 3 N–H and O–H groups in total. The molecule has 0 bridgehead atoms. The first kappa shape index (κ1) is 7.94. The minimum absolute atomic E-state index is 0.455. The van der Waals surface area contributed by atoms with E-state index >= 15 is 0 Å². The van der Waals surface area contributed by atoms with Gasteiger partial charge in [-0.3, -0.25) is 5.43 Å². The van der Waals surface area contributed by atoms with Crippen molar-refractivity contribution in [1.29, 1.82) is 0 Å². The third-order valence-corrected chi connectivity index (χ3v) is 1.92. The normalized spacial score (nSPS) is 10.3. The number of nitrogen functional groups attached to an aromatic ring is 1. The summed E-state index contributed by atoms with van der Waals surface area (Å²) in [5.41, 5.74) is 4.27. The molecule has 2 aromatic rings. The van der Waals surface area contributed by atoms with Gasteiger partial charge in [-0.1, -0.05) is 18.2 Å². The summed E-state index contributed by atoms with van der Waals surface area (Å²) in [6.45, 7) is 1.94. The molecular formula is C9H10N4. The number of para-hydroxylation sites is 1. The Labute approximate surface area is 75.8 Å². The minimum Gasteiger partial charge on any atom is -0.292 e. The number of aromatic nitrogens is 2. The molecule has 0 spiro atoms. The van der Waals surface area contributed by atoms with Gasteiger partial charge in [0.1, 0.15) is 0 Å². The Kier molecular flexibility index (Phi) is 1.83. The zero-order chi connectivity index (χ0) is 9.26. The summed E-state index contributed by atoms with van der Waals surface area (Å²) < 4.78 is 0.